The molecule has 7 nitrogen and oxygen atoms in total. The summed E-state index contributed by atoms with van der Waals surface area (Å²) in [7, 11) is 3.70. The Hall–Kier alpha value is -2.64. The minimum atomic E-state index is -0.509. The second-order valence-electron chi connectivity index (χ2n) is 5.06. The van der Waals surface area contributed by atoms with E-state index in [1.165, 1.54) is 12.1 Å². The lowest BCUT2D eigenvalue weighted by Crippen LogP contribution is -2.32. The summed E-state index contributed by atoms with van der Waals surface area (Å²) in [4.78, 5) is 17.6. The molecule has 22 heavy (non-hydrogen) atoms. The number of nitrogens with one attached hydrogen (secondary N) is 2. The minimum absolute atomic E-state index is 0.00859. The van der Waals surface area contributed by atoms with Gasteiger partial charge in [-0.1, -0.05) is 5.16 Å². The summed E-state index contributed by atoms with van der Waals surface area (Å²) in [5, 5.41) is 8.71. The van der Waals surface area contributed by atoms with Crippen molar-refractivity contribution in [3.8, 4) is 0 Å². The number of carbonyl (C=O) groups excluding carboxylic acids is 1. The summed E-state index contributed by atoms with van der Waals surface area (Å²) >= 11 is 0. The predicted molar refractivity (Wildman–Crippen MR) is 80.3 cm³/mol. The van der Waals surface area contributed by atoms with Crippen LogP contribution in [0.5, 0.6) is 0 Å². The fraction of sp³-hybridized carbons (Fsp3) is 0.357. The lowest BCUT2D eigenvalue weighted by atomic mass is 10.1. The molecule has 0 aliphatic heterocycles. The SMILES string of the molecule is Cc1noc(NC(=O)NC(C)c2cc(F)ccc2N(C)C)n1. The Bertz CT molecular complexity index is 671. The molecule has 1 aromatic carbocycles. The molecule has 0 spiro atoms. The van der Waals surface area contributed by atoms with Gasteiger partial charge in [-0.3, -0.25) is 5.32 Å². The zero-order chi connectivity index (χ0) is 16.3. The van der Waals surface area contributed by atoms with Crippen LogP contribution in [0, 0.1) is 12.7 Å². The lowest BCUT2D eigenvalue weighted by molar-refractivity contribution is 0.248. The number of hydrogen-bond acceptors (Lipinski definition) is 5. The molecule has 2 rings (SSSR count). The van der Waals surface area contributed by atoms with Gasteiger partial charge in [0.25, 0.3) is 0 Å². The van der Waals surface area contributed by atoms with Gasteiger partial charge >= 0.3 is 12.0 Å². The number of benzene rings is 1. The van der Waals surface area contributed by atoms with E-state index in [-0.39, 0.29) is 11.8 Å². The van der Waals surface area contributed by atoms with E-state index in [2.05, 4.69) is 20.8 Å². The van der Waals surface area contributed by atoms with Crippen molar-refractivity contribution in [1.29, 1.82) is 0 Å². The van der Waals surface area contributed by atoms with E-state index >= 15 is 0 Å². The monoisotopic (exact) mass is 307 g/mol. The lowest BCUT2D eigenvalue weighted by Gasteiger charge is -2.22. The largest absolute Gasteiger partial charge is 0.377 e. The van der Waals surface area contributed by atoms with Crippen molar-refractivity contribution in [2.45, 2.75) is 19.9 Å². The molecule has 1 heterocycles. The fourth-order valence-electron chi connectivity index (χ4n) is 2.03. The van der Waals surface area contributed by atoms with Crippen LogP contribution in [0.4, 0.5) is 20.9 Å². The molecule has 2 N–H and O–H groups in total. The maximum atomic E-state index is 13.5. The summed E-state index contributed by atoms with van der Waals surface area (Å²) in [5.74, 6) is 0.0607. The van der Waals surface area contributed by atoms with Gasteiger partial charge in [0.05, 0.1) is 6.04 Å². The number of aromatic nitrogens is 2. The van der Waals surface area contributed by atoms with Gasteiger partial charge in [-0.25, -0.2) is 9.18 Å². The first-order valence-electron chi connectivity index (χ1n) is 6.71. The Morgan fingerprint density at radius 3 is 2.73 bits per heavy atom. The standard InChI is InChI=1S/C14H18FN5O2/c1-8(11-7-10(15)5-6-12(11)20(3)4)16-13(21)18-14-17-9(2)19-22-14/h5-8H,1-4H3,(H2,16,17,18,19,21). The van der Waals surface area contributed by atoms with E-state index in [0.717, 1.165) is 5.69 Å². The quantitative estimate of drug-likeness (QED) is 0.906. The Balaban J connectivity index is 2.09. The third kappa shape index (κ3) is 3.72. The first-order chi connectivity index (χ1) is 10.4. The van der Waals surface area contributed by atoms with Crippen LogP contribution in [-0.2, 0) is 0 Å². The van der Waals surface area contributed by atoms with E-state index in [9.17, 15) is 9.18 Å². The molecular formula is C14H18FN5O2. The van der Waals surface area contributed by atoms with Crippen molar-refractivity contribution in [3.05, 3.63) is 35.4 Å². The molecule has 1 aromatic heterocycles. The summed E-state index contributed by atoms with van der Waals surface area (Å²) in [6.45, 7) is 3.41. The van der Waals surface area contributed by atoms with Crippen molar-refractivity contribution < 1.29 is 13.7 Å². The zero-order valence-corrected chi connectivity index (χ0v) is 12.8. The Morgan fingerprint density at radius 2 is 2.14 bits per heavy atom. The van der Waals surface area contributed by atoms with Gasteiger partial charge in [0.2, 0.25) is 0 Å². The molecule has 118 valence electrons. The summed E-state index contributed by atoms with van der Waals surface area (Å²) in [5.41, 5.74) is 1.49. The molecule has 2 aromatic rings. The average molecular weight is 307 g/mol. The number of anilines is 2. The van der Waals surface area contributed by atoms with Crippen molar-refractivity contribution >= 4 is 17.7 Å². The Morgan fingerprint density at radius 1 is 1.41 bits per heavy atom. The van der Waals surface area contributed by atoms with Crippen LogP contribution in [0.15, 0.2) is 22.7 Å². The average Bonchev–Trinajstić information content (AvgIpc) is 2.83. The number of halogens is 1. The summed E-state index contributed by atoms with van der Waals surface area (Å²) < 4.78 is 18.3. The highest BCUT2D eigenvalue weighted by Gasteiger charge is 2.16. The van der Waals surface area contributed by atoms with Crippen molar-refractivity contribution in [1.82, 2.24) is 15.5 Å². The number of rotatable bonds is 4. The number of amides is 2. The Labute approximate surface area is 127 Å². The molecule has 1 unspecified atom stereocenters. The number of nitrogens with zero attached hydrogens (tertiary/aromatic N) is 3. The number of hydrogen-bond donors (Lipinski definition) is 2. The van der Waals surface area contributed by atoms with Gasteiger partial charge < -0.3 is 14.7 Å². The van der Waals surface area contributed by atoms with E-state index in [1.54, 1.807) is 19.9 Å². The normalized spacial score (nSPS) is 11.9. The smallest absolute Gasteiger partial charge is 0.329 e. The van der Waals surface area contributed by atoms with Gasteiger partial charge in [0.15, 0.2) is 5.82 Å². The highest BCUT2D eigenvalue weighted by atomic mass is 19.1. The summed E-state index contributed by atoms with van der Waals surface area (Å²) in [6, 6.07) is 3.54. The highest BCUT2D eigenvalue weighted by Crippen LogP contribution is 2.26. The topological polar surface area (TPSA) is 83.3 Å². The molecule has 8 heteroatoms. The van der Waals surface area contributed by atoms with E-state index in [1.807, 2.05) is 19.0 Å². The Kier molecular flexibility index (Phi) is 4.59. The third-order valence-electron chi connectivity index (χ3n) is 3.03. The second-order valence-corrected chi connectivity index (χ2v) is 5.06. The van der Waals surface area contributed by atoms with Crippen LogP contribution >= 0.6 is 0 Å². The van der Waals surface area contributed by atoms with Crippen LogP contribution in [0.2, 0.25) is 0 Å². The number of aryl methyl sites for hydroxylation is 1. The molecule has 0 saturated carbocycles. The molecule has 1 atom stereocenters. The molecule has 0 bridgehead atoms. The maximum absolute atomic E-state index is 13.5. The molecule has 0 aliphatic carbocycles. The van der Waals surface area contributed by atoms with Crippen molar-refractivity contribution in [3.63, 3.8) is 0 Å². The van der Waals surface area contributed by atoms with Crippen LogP contribution in [0.25, 0.3) is 0 Å². The molecular weight excluding hydrogens is 289 g/mol. The van der Waals surface area contributed by atoms with Gasteiger partial charge in [0.1, 0.15) is 5.82 Å². The fourth-order valence-corrected chi connectivity index (χ4v) is 2.03. The van der Waals surface area contributed by atoms with Crippen molar-refractivity contribution in [2.75, 3.05) is 24.3 Å². The molecule has 0 aliphatic rings. The van der Waals surface area contributed by atoms with Crippen molar-refractivity contribution in [2.24, 2.45) is 0 Å². The number of urea groups is 1. The number of carbonyl (C=O) groups is 1. The second kappa shape index (κ2) is 6.42. The van der Waals surface area contributed by atoms with E-state index in [4.69, 9.17) is 4.52 Å². The highest BCUT2D eigenvalue weighted by molar-refractivity contribution is 5.87. The molecule has 0 fully saturated rings. The van der Waals surface area contributed by atoms with Gasteiger partial charge in [-0.15, -0.1) is 0 Å². The van der Waals surface area contributed by atoms with E-state index in [0.29, 0.717) is 11.4 Å². The molecule has 0 saturated heterocycles. The third-order valence-corrected chi connectivity index (χ3v) is 3.03. The van der Waals surface area contributed by atoms with Gasteiger partial charge in [0, 0.05) is 25.3 Å². The minimum Gasteiger partial charge on any atom is -0.377 e. The molecule has 0 radical (unpaired) electrons. The zero-order valence-electron chi connectivity index (χ0n) is 12.8. The first-order valence-corrected chi connectivity index (χ1v) is 6.71. The first kappa shape index (κ1) is 15.7. The predicted octanol–water partition coefficient (Wildman–Crippen LogP) is 2.47. The van der Waals surface area contributed by atoms with Crippen LogP contribution in [0.1, 0.15) is 24.4 Å². The van der Waals surface area contributed by atoms with Crippen LogP contribution in [0.3, 0.4) is 0 Å². The van der Waals surface area contributed by atoms with Crippen LogP contribution in [-0.4, -0.2) is 30.3 Å². The van der Waals surface area contributed by atoms with E-state index < -0.39 is 12.1 Å². The van der Waals surface area contributed by atoms with Gasteiger partial charge in [-0.05, 0) is 32.0 Å². The van der Waals surface area contributed by atoms with Crippen LogP contribution < -0.4 is 15.5 Å². The van der Waals surface area contributed by atoms with Gasteiger partial charge in [-0.2, -0.15) is 4.98 Å². The maximum Gasteiger partial charge on any atom is 0.329 e. The molecule has 2 amide bonds. The summed E-state index contributed by atoms with van der Waals surface area (Å²) in [6.07, 6.45) is 0.